The zero-order valence-electron chi connectivity index (χ0n) is 9.28. The maximum atomic E-state index is 4.11. The normalized spacial score (nSPS) is 10.3. The molecule has 0 bridgehead atoms. The molecule has 0 amide bonds. The summed E-state index contributed by atoms with van der Waals surface area (Å²) < 4.78 is 0. The largest absolute Gasteiger partial charge is 0.0999 e. The fraction of sp³-hybridized carbons (Fsp3) is 0.769. The Morgan fingerprint density at radius 1 is 0.923 bits per heavy atom. The lowest BCUT2D eigenvalue weighted by atomic mass is 10.0. The van der Waals surface area contributed by atoms with E-state index in [1.54, 1.807) is 0 Å². The molecule has 0 aromatic heterocycles. The summed E-state index contributed by atoms with van der Waals surface area (Å²) >= 11 is 0. The summed E-state index contributed by atoms with van der Waals surface area (Å²) in [4.78, 5) is 0. The highest BCUT2D eigenvalue weighted by Gasteiger charge is 1.94. The molecule has 0 saturated carbocycles. The van der Waals surface area contributed by atoms with E-state index in [0.29, 0.717) is 0 Å². The lowest BCUT2D eigenvalue weighted by Crippen LogP contribution is -1.84. The van der Waals surface area contributed by atoms with Crippen molar-refractivity contribution in [1.29, 1.82) is 0 Å². The standard InChI is InChI=1S/C13H25/c1-4-6-8-10-12-13(3)11-9-7-5-2/h1,3-12H2,2H3. The van der Waals surface area contributed by atoms with Crippen LogP contribution in [0.1, 0.15) is 64.7 Å². The third-order valence-corrected chi connectivity index (χ3v) is 2.41. The van der Waals surface area contributed by atoms with Crippen LogP contribution in [0.25, 0.3) is 0 Å². The highest BCUT2D eigenvalue weighted by atomic mass is 14.0. The summed E-state index contributed by atoms with van der Waals surface area (Å²) in [5, 5.41) is 0. The second kappa shape index (κ2) is 9.83. The van der Waals surface area contributed by atoms with Crippen molar-refractivity contribution in [1.82, 2.24) is 0 Å². The van der Waals surface area contributed by atoms with Crippen molar-refractivity contribution in [2.45, 2.75) is 64.7 Å². The van der Waals surface area contributed by atoms with Gasteiger partial charge in [0, 0.05) is 0 Å². The predicted octanol–water partition coefficient (Wildman–Crippen LogP) is 4.91. The molecule has 0 aromatic carbocycles. The van der Waals surface area contributed by atoms with Crippen LogP contribution in [-0.4, -0.2) is 0 Å². The molecule has 0 saturated heterocycles. The molecular formula is C13H25. The molecule has 0 atom stereocenters. The Hall–Kier alpha value is -0.260. The van der Waals surface area contributed by atoms with Crippen molar-refractivity contribution in [3.8, 4) is 0 Å². The Balaban J connectivity index is 3.11. The van der Waals surface area contributed by atoms with Gasteiger partial charge in [-0.05, 0) is 25.7 Å². The molecule has 1 radical (unpaired) electrons. The van der Waals surface area contributed by atoms with Crippen molar-refractivity contribution < 1.29 is 0 Å². The van der Waals surface area contributed by atoms with Gasteiger partial charge in [-0.2, -0.15) is 0 Å². The number of hydrogen-bond acceptors (Lipinski definition) is 0. The molecule has 0 aromatic rings. The van der Waals surface area contributed by atoms with Gasteiger partial charge in [0.2, 0.25) is 0 Å². The average molecular weight is 181 g/mol. The first kappa shape index (κ1) is 12.7. The number of hydrogen-bond donors (Lipinski definition) is 0. The van der Waals surface area contributed by atoms with Gasteiger partial charge in [0.1, 0.15) is 0 Å². The van der Waals surface area contributed by atoms with E-state index in [0.717, 1.165) is 6.42 Å². The number of rotatable bonds is 9. The van der Waals surface area contributed by atoms with E-state index in [2.05, 4.69) is 20.4 Å². The molecule has 0 rings (SSSR count). The zero-order valence-corrected chi connectivity index (χ0v) is 9.28. The fourth-order valence-corrected chi connectivity index (χ4v) is 1.48. The highest BCUT2D eigenvalue weighted by Crippen LogP contribution is 2.14. The topological polar surface area (TPSA) is 0 Å². The van der Waals surface area contributed by atoms with Crippen molar-refractivity contribution in [3.63, 3.8) is 0 Å². The van der Waals surface area contributed by atoms with Crippen LogP contribution in [0, 0.1) is 6.92 Å². The Morgan fingerprint density at radius 3 is 2.08 bits per heavy atom. The first-order valence-electron chi connectivity index (χ1n) is 5.77. The Kier molecular flexibility index (Phi) is 9.63. The first-order chi connectivity index (χ1) is 6.31. The van der Waals surface area contributed by atoms with E-state index in [1.807, 2.05) is 0 Å². The molecule has 0 aliphatic heterocycles. The second-order valence-corrected chi connectivity index (χ2v) is 3.87. The van der Waals surface area contributed by atoms with Crippen LogP contribution >= 0.6 is 0 Å². The zero-order chi connectivity index (χ0) is 9.94. The third kappa shape index (κ3) is 9.66. The van der Waals surface area contributed by atoms with Crippen LogP contribution in [0.5, 0.6) is 0 Å². The molecule has 0 nitrogen and oxygen atoms in total. The highest BCUT2D eigenvalue weighted by molar-refractivity contribution is 4.93. The molecule has 0 heterocycles. The molecule has 13 heavy (non-hydrogen) atoms. The fourth-order valence-electron chi connectivity index (χ4n) is 1.48. The van der Waals surface area contributed by atoms with Crippen molar-refractivity contribution >= 4 is 0 Å². The molecular weight excluding hydrogens is 156 g/mol. The van der Waals surface area contributed by atoms with Crippen molar-refractivity contribution in [2.75, 3.05) is 0 Å². The maximum absolute atomic E-state index is 4.11. The molecule has 0 aliphatic carbocycles. The summed E-state index contributed by atoms with van der Waals surface area (Å²) in [5.41, 5.74) is 1.46. The SMILES string of the molecule is [CH2]CCCCCC(=C)CCCCC. The van der Waals surface area contributed by atoms with Gasteiger partial charge >= 0.3 is 0 Å². The lowest BCUT2D eigenvalue weighted by Gasteiger charge is -2.04. The molecule has 0 spiro atoms. The minimum absolute atomic E-state index is 1.09. The van der Waals surface area contributed by atoms with E-state index in [-0.39, 0.29) is 0 Å². The van der Waals surface area contributed by atoms with Gasteiger partial charge in [0.15, 0.2) is 0 Å². The van der Waals surface area contributed by atoms with Crippen molar-refractivity contribution in [2.24, 2.45) is 0 Å². The van der Waals surface area contributed by atoms with E-state index in [1.165, 1.54) is 56.9 Å². The van der Waals surface area contributed by atoms with Gasteiger partial charge in [-0.3, -0.25) is 0 Å². The molecule has 0 N–H and O–H groups in total. The van der Waals surface area contributed by atoms with Gasteiger partial charge in [-0.1, -0.05) is 58.1 Å². The summed E-state index contributed by atoms with van der Waals surface area (Å²) in [6, 6.07) is 0. The quantitative estimate of drug-likeness (QED) is 0.350. The second-order valence-electron chi connectivity index (χ2n) is 3.87. The van der Waals surface area contributed by atoms with Gasteiger partial charge in [-0.15, -0.1) is 0 Å². The Labute approximate surface area is 84.4 Å². The number of allylic oxidation sites excluding steroid dienone is 1. The van der Waals surface area contributed by atoms with Gasteiger partial charge < -0.3 is 0 Å². The summed E-state index contributed by atoms with van der Waals surface area (Å²) in [6.07, 6.45) is 11.5. The van der Waals surface area contributed by atoms with E-state index < -0.39 is 0 Å². The third-order valence-electron chi connectivity index (χ3n) is 2.41. The minimum atomic E-state index is 1.09. The van der Waals surface area contributed by atoms with Gasteiger partial charge in [-0.25, -0.2) is 0 Å². The molecule has 0 aliphatic rings. The Bertz CT molecular complexity index is 113. The van der Waals surface area contributed by atoms with Crippen LogP contribution in [0.2, 0.25) is 0 Å². The first-order valence-corrected chi connectivity index (χ1v) is 5.77. The summed E-state index contributed by atoms with van der Waals surface area (Å²) in [7, 11) is 0. The van der Waals surface area contributed by atoms with E-state index >= 15 is 0 Å². The van der Waals surface area contributed by atoms with Crippen LogP contribution in [0.3, 0.4) is 0 Å². The molecule has 0 unspecified atom stereocenters. The van der Waals surface area contributed by atoms with Crippen molar-refractivity contribution in [3.05, 3.63) is 19.1 Å². The predicted molar refractivity (Wildman–Crippen MR) is 61.7 cm³/mol. The van der Waals surface area contributed by atoms with E-state index in [4.69, 9.17) is 0 Å². The maximum Gasteiger partial charge on any atom is -0.0323 e. The van der Waals surface area contributed by atoms with Gasteiger partial charge in [0.05, 0.1) is 0 Å². The lowest BCUT2D eigenvalue weighted by molar-refractivity contribution is 0.648. The minimum Gasteiger partial charge on any atom is -0.0999 e. The molecule has 0 heteroatoms. The molecule has 77 valence electrons. The van der Waals surface area contributed by atoms with Crippen LogP contribution in [-0.2, 0) is 0 Å². The van der Waals surface area contributed by atoms with Crippen LogP contribution < -0.4 is 0 Å². The number of unbranched alkanes of at least 4 members (excludes halogenated alkanes) is 5. The van der Waals surface area contributed by atoms with Gasteiger partial charge in [0.25, 0.3) is 0 Å². The average Bonchev–Trinajstić information content (AvgIpc) is 2.13. The summed E-state index contributed by atoms with van der Waals surface area (Å²) in [6.45, 7) is 10.2. The molecule has 0 fully saturated rings. The van der Waals surface area contributed by atoms with Crippen LogP contribution in [0.4, 0.5) is 0 Å². The summed E-state index contributed by atoms with van der Waals surface area (Å²) in [5.74, 6) is 0. The monoisotopic (exact) mass is 181 g/mol. The van der Waals surface area contributed by atoms with Crippen LogP contribution in [0.15, 0.2) is 12.2 Å². The smallest absolute Gasteiger partial charge is 0.0323 e. The Morgan fingerprint density at radius 2 is 1.54 bits per heavy atom. The van der Waals surface area contributed by atoms with E-state index in [9.17, 15) is 0 Å².